The summed E-state index contributed by atoms with van der Waals surface area (Å²) in [7, 11) is 0. The lowest BCUT2D eigenvalue weighted by atomic mass is 10.2. The maximum Gasteiger partial charge on any atom is 0.283 e. The summed E-state index contributed by atoms with van der Waals surface area (Å²) in [5, 5.41) is 11.9. The zero-order chi connectivity index (χ0) is 14.7. The van der Waals surface area contributed by atoms with Gasteiger partial charge in [-0.25, -0.2) is 0 Å². The fourth-order valence-corrected chi connectivity index (χ4v) is 3.15. The molecule has 3 nitrogen and oxygen atoms in total. The van der Waals surface area contributed by atoms with Crippen LogP contribution in [0.15, 0.2) is 45.8 Å². The summed E-state index contributed by atoms with van der Waals surface area (Å²) in [6.45, 7) is 0. The molecule has 0 saturated carbocycles. The Labute approximate surface area is 138 Å². The maximum atomic E-state index is 10.9. The van der Waals surface area contributed by atoms with Gasteiger partial charge in [0.15, 0.2) is 0 Å². The first-order valence-electron chi connectivity index (χ1n) is 5.48. The summed E-state index contributed by atoms with van der Waals surface area (Å²) in [4.78, 5) is 11.4. The molecule has 0 aliphatic heterocycles. The number of nitrogens with zero attached hydrogens (tertiary/aromatic N) is 1. The molecule has 20 heavy (non-hydrogen) atoms. The summed E-state index contributed by atoms with van der Waals surface area (Å²) in [6.07, 6.45) is 0. The average molecular weight is 393 g/mol. The summed E-state index contributed by atoms with van der Waals surface area (Å²) >= 11 is 16.5. The lowest BCUT2D eigenvalue weighted by Gasteiger charge is -2.04. The fraction of sp³-hybridized carbons (Fsp3) is 0.0769. The van der Waals surface area contributed by atoms with Crippen LogP contribution in [0.25, 0.3) is 0 Å². The molecule has 7 heteroatoms. The van der Waals surface area contributed by atoms with Gasteiger partial charge in [-0.2, -0.15) is 0 Å². The van der Waals surface area contributed by atoms with E-state index in [1.807, 2.05) is 12.1 Å². The molecule has 0 saturated heterocycles. The molecule has 2 aromatic rings. The molecule has 2 aromatic carbocycles. The van der Waals surface area contributed by atoms with Crippen molar-refractivity contribution in [3.63, 3.8) is 0 Å². The van der Waals surface area contributed by atoms with Gasteiger partial charge in [-0.05, 0) is 45.8 Å². The molecule has 0 heterocycles. The van der Waals surface area contributed by atoms with Crippen molar-refractivity contribution in [1.29, 1.82) is 0 Å². The van der Waals surface area contributed by atoms with Crippen molar-refractivity contribution in [1.82, 2.24) is 0 Å². The summed E-state index contributed by atoms with van der Waals surface area (Å²) in [5.74, 6) is 0.617. The third-order valence-corrected chi connectivity index (χ3v) is 4.98. The van der Waals surface area contributed by atoms with E-state index in [-0.39, 0.29) is 5.69 Å². The zero-order valence-electron chi connectivity index (χ0n) is 9.98. The van der Waals surface area contributed by atoms with Gasteiger partial charge in [-0.1, -0.05) is 29.3 Å². The number of thioether (sulfide) groups is 1. The standard InChI is InChI=1S/C13H8BrCl2NO2S/c14-10-3-1-8(5-13(10)17(18)19)7-20-9-2-4-11(15)12(16)6-9/h1-6H,7H2. The molecule has 0 amide bonds. The Kier molecular flexibility index (Phi) is 5.32. The van der Waals surface area contributed by atoms with Crippen molar-refractivity contribution in [2.24, 2.45) is 0 Å². The van der Waals surface area contributed by atoms with E-state index in [4.69, 9.17) is 23.2 Å². The summed E-state index contributed by atoms with van der Waals surface area (Å²) in [5.41, 5.74) is 0.938. The fourth-order valence-electron chi connectivity index (χ4n) is 1.52. The normalized spacial score (nSPS) is 10.6. The van der Waals surface area contributed by atoms with Crippen LogP contribution < -0.4 is 0 Å². The molecule has 0 unspecified atom stereocenters. The molecular weight excluding hydrogens is 385 g/mol. The van der Waals surface area contributed by atoms with E-state index in [9.17, 15) is 10.1 Å². The quantitative estimate of drug-likeness (QED) is 0.366. The Hall–Kier alpha value is -0.750. The summed E-state index contributed by atoms with van der Waals surface area (Å²) < 4.78 is 0.478. The van der Waals surface area contributed by atoms with Gasteiger partial charge in [0.05, 0.1) is 19.4 Å². The first-order valence-corrected chi connectivity index (χ1v) is 8.01. The van der Waals surface area contributed by atoms with Crippen LogP contribution in [0.5, 0.6) is 0 Å². The molecule has 0 aliphatic rings. The number of nitro groups is 1. The second kappa shape index (κ2) is 6.80. The Bertz CT molecular complexity index is 667. The zero-order valence-corrected chi connectivity index (χ0v) is 13.9. The molecule has 0 fully saturated rings. The monoisotopic (exact) mass is 391 g/mol. The highest BCUT2D eigenvalue weighted by atomic mass is 79.9. The van der Waals surface area contributed by atoms with Crippen LogP contribution >= 0.6 is 50.9 Å². The predicted molar refractivity (Wildman–Crippen MR) is 86.8 cm³/mol. The average Bonchev–Trinajstić information content (AvgIpc) is 2.41. The Morgan fingerprint density at radius 2 is 1.90 bits per heavy atom. The van der Waals surface area contributed by atoms with Crippen molar-refractivity contribution in [2.45, 2.75) is 10.6 Å². The van der Waals surface area contributed by atoms with Crippen molar-refractivity contribution in [2.75, 3.05) is 0 Å². The second-order valence-corrected chi connectivity index (χ2v) is 6.62. The van der Waals surface area contributed by atoms with Crippen molar-refractivity contribution in [3.05, 3.63) is 66.6 Å². The Morgan fingerprint density at radius 1 is 1.15 bits per heavy atom. The largest absolute Gasteiger partial charge is 0.283 e. The highest BCUT2D eigenvalue weighted by Crippen LogP contribution is 2.32. The SMILES string of the molecule is O=[N+]([O-])c1cc(CSc2ccc(Cl)c(Cl)c2)ccc1Br. The number of rotatable bonds is 4. The molecule has 0 bridgehead atoms. The van der Waals surface area contributed by atoms with Crippen LogP contribution in [0.2, 0.25) is 10.0 Å². The third kappa shape index (κ3) is 3.88. The van der Waals surface area contributed by atoms with Crippen LogP contribution in [0.3, 0.4) is 0 Å². The van der Waals surface area contributed by atoms with Crippen LogP contribution in [0.4, 0.5) is 5.69 Å². The molecule has 0 aromatic heterocycles. The molecule has 104 valence electrons. The molecular formula is C13H8BrCl2NO2S. The molecule has 2 rings (SSSR count). The minimum atomic E-state index is -0.405. The predicted octanol–water partition coefficient (Wildman–Crippen LogP) is 5.96. The maximum absolute atomic E-state index is 10.9. The van der Waals surface area contributed by atoms with Gasteiger partial charge < -0.3 is 0 Å². The highest BCUT2D eigenvalue weighted by molar-refractivity contribution is 9.10. The number of benzene rings is 2. The first-order chi connectivity index (χ1) is 9.47. The molecule has 0 radical (unpaired) electrons. The number of nitro benzene ring substituents is 1. The number of hydrogen-bond acceptors (Lipinski definition) is 3. The van der Waals surface area contributed by atoms with Gasteiger partial charge in [0.25, 0.3) is 5.69 Å². The third-order valence-electron chi connectivity index (χ3n) is 2.50. The lowest BCUT2D eigenvalue weighted by Crippen LogP contribution is -1.91. The lowest BCUT2D eigenvalue weighted by molar-refractivity contribution is -0.385. The van der Waals surface area contributed by atoms with Gasteiger partial charge >= 0.3 is 0 Å². The summed E-state index contributed by atoms with van der Waals surface area (Å²) in [6, 6.07) is 10.5. The van der Waals surface area contributed by atoms with E-state index >= 15 is 0 Å². The smallest absolute Gasteiger partial charge is 0.258 e. The molecule has 0 N–H and O–H groups in total. The van der Waals surface area contributed by atoms with E-state index in [0.29, 0.717) is 20.3 Å². The van der Waals surface area contributed by atoms with Gasteiger partial charge in [0.1, 0.15) is 0 Å². The van der Waals surface area contributed by atoms with Gasteiger partial charge in [-0.3, -0.25) is 10.1 Å². The van der Waals surface area contributed by atoms with Crippen LogP contribution in [-0.4, -0.2) is 4.92 Å². The first kappa shape index (κ1) is 15.6. The van der Waals surface area contributed by atoms with Crippen molar-refractivity contribution in [3.8, 4) is 0 Å². The number of halogens is 3. The van der Waals surface area contributed by atoms with Gasteiger partial charge in [0.2, 0.25) is 0 Å². The van der Waals surface area contributed by atoms with Crippen molar-refractivity contribution < 1.29 is 4.92 Å². The molecule has 0 spiro atoms. The van der Waals surface area contributed by atoms with E-state index < -0.39 is 4.92 Å². The van der Waals surface area contributed by atoms with Gasteiger partial charge in [-0.15, -0.1) is 11.8 Å². The van der Waals surface area contributed by atoms with E-state index in [0.717, 1.165) is 10.5 Å². The van der Waals surface area contributed by atoms with Crippen LogP contribution in [0, 0.1) is 10.1 Å². The number of hydrogen-bond donors (Lipinski definition) is 0. The highest BCUT2D eigenvalue weighted by Gasteiger charge is 2.12. The van der Waals surface area contributed by atoms with E-state index in [1.165, 1.54) is 0 Å². The Morgan fingerprint density at radius 3 is 2.55 bits per heavy atom. The van der Waals surface area contributed by atoms with Crippen LogP contribution in [-0.2, 0) is 5.75 Å². The van der Waals surface area contributed by atoms with E-state index in [1.54, 1.807) is 36.0 Å². The molecule has 0 aliphatic carbocycles. The molecule has 0 atom stereocenters. The minimum Gasteiger partial charge on any atom is -0.258 e. The van der Waals surface area contributed by atoms with Gasteiger partial charge in [0, 0.05) is 16.7 Å². The Balaban J connectivity index is 2.12. The van der Waals surface area contributed by atoms with E-state index in [2.05, 4.69) is 15.9 Å². The second-order valence-electron chi connectivity index (χ2n) is 3.91. The van der Waals surface area contributed by atoms with Crippen molar-refractivity contribution >= 4 is 56.6 Å². The topological polar surface area (TPSA) is 43.1 Å². The van der Waals surface area contributed by atoms with Crippen LogP contribution in [0.1, 0.15) is 5.56 Å². The minimum absolute atomic E-state index is 0.0669.